The van der Waals surface area contributed by atoms with Crippen molar-refractivity contribution in [1.29, 1.82) is 0 Å². The van der Waals surface area contributed by atoms with Crippen molar-refractivity contribution < 1.29 is 9.18 Å². The molecule has 0 aliphatic heterocycles. The predicted molar refractivity (Wildman–Crippen MR) is 83.0 cm³/mol. The summed E-state index contributed by atoms with van der Waals surface area (Å²) in [5, 5.41) is 2.61. The van der Waals surface area contributed by atoms with Crippen LogP contribution in [-0.4, -0.2) is 13.1 Å². The fourth-order valence-corrected chi connectivity index (χ4v) is 2.35. The second-order valence-electron chi connectivity index (χ2n) is 4.07. The van der Waals surface area contributed by atoms with E-state index in [-0.39, 0.29) is 11.1 Å². The summed E-state index contributed by atoms with van der Waals surface area (Å²) in [6.45, 7) is 0. The first-order valence-corrected chi connectivity index (χ1v) is 6.90. The summed E-state index contributed by atoms with van der Waals surface area (Å²) in [4.78, 5) is 13.6. The molecule has 0 aliphatic rings. The first kappa shape index (κ1) is 14.8. The number of amides is 2. The number of hydrogen-bond acceptors (Lipinski definition) is 1. The number of nitrogens with one attached hydrogen (secondary N) is 1. The van der Waals surface area contributed by atoms with Gasteiger partial charge in [-0.3, -0.25) is 4.90 Å². The molecule has 2 aromatic carbocycles. The van der Waals surface area contributed by atoms with E-state index in [1.165, 1.54) is 23.1 Å². The van der Waals surface area contributed by atoms with Gasteiger partial charge >= 0.3 is 6.03 Å². The highest BCUT2D eigenvalue weighted by Crippen LogP contribution is 2.25. The minimum absolute atomic E-state index is 0.0358. The summed E-state index contributed by atoms with van der Waals surface area (Å²) in [6, 6.07) is 11.0. The molecule has 0 saturated heterocycles. The third-order valence-electron chi connectivity index (χ3n) is 2.69. The Morgan fingerprint density at radius 1 is 1.30 bits per heavy atom. The number of urea groups is 1. The molecule has 0 atom stereocenters. The molecule has 0 aromatic heterocycles. The van der Waals surface area contributed by atoms with E-state index < -0.39 is 5.82 Å². The molecule has 0 saturated carbocycles. The molecule has 20 heavy (non-hydrogen) atoms. The predicted octanol–water partition coefficient (Wildman–Crippen LogP) is 4.91. The number of rotatable bonds is 2. The number of anilines is 2. The van der Waals surface area contributed by atoms with Gasteiger partial charge in [-0.1, -0.05) is 23.7 Å². The van der Waals surface area contributed by atoms with Crippen LogP contribution in [0.3, 0.4) is 0 Å². The lowest BCUT2D eigenvalue weighted by atomic mass is 10.3. The van der Waals surface area contributed by atoms with Crippen molar-refractivity contribution in [3.63, 3.8) is 0 Å². The second kappa shape index (κ2) is 6.24. The molecule has 0 radical (unpaired) electrons. The van der Waals surface area contributed by atoms with E-state index in [2.05, 4.69) is 21.2 Å². The van der Waals surface area contributed by atoms with Gasteiger partial charge in [-0.2, -0.15) is 0 Å². The van der Waals surface area contributed by atoms with Crippen LogP contribution in [0.2, 0.25) is 5.02 Å². The van der Waals surface area contributed by atoms with Gasteiger partial charge in [0, 0.05) is 17.2 Å². The molecule has 6 heteroatoms. The largest absolute Gasteiger partial charge is 0.326 e. The quantitative estimate of drug-likeness (QED) is 0.814. The van der Waals surface area contributed by atoms with Gasteiger partial charge in [0.25, 0.3) is 0 Å². The van der Waals surface area contributed by atoms with Gasteiger partial charge in [0.2, 0.25) is 0 Å². The van der Waals surface area contributed by atoms with Crippen LogP contribution in [0.4, 0.5) is 20.6 Å². The zero-order valence-electron chi connectivity index (χ0n) is 10.5. The Balaban J connectivity index is 2.15. The maximum atomic E-state index is 13.1. The minimum Gasteiger partial charge on any atom is -0.307 e. The van der Waals surface area contributed by atoms with Crippen molar-refractivity contribution in [3.05, 3.63) is 57.8 Å². The molecule has 0 bridgehead atoms. The first-order chi connectivity index (χ1) is 9.49. The van der Waals surface area contributed by atoms with Crippen molar-refractivity contribution >= 4 is 44.9 Å². The van der Waals surface area contributed by atoms with Gasteiger partial charge in [0.1, 0.15) is 5.82 Å². The van der Waals surface area contributed by atoms with E-state index in [0.29, 0.717) is 5.69 Å². The molecule has 104 valence electrons. The molecule has 2 rings (SSSR count). The van der Waals surface area contributed by atoms with Crippen LogP contribution in [0, 0.1) is 5.82 Å². The molecule has 3 nitrogen and oxygen atoms in total. The maximum absolute atomic E-state index is 13.1. The molecule has 2 aromatic rings. The SMILES string of the molecule is CN(C(=O)Nc1ccc(F)c(Cl)c1)c1ccccc1Br. The van der Waals surface area contributed by atoms with Crippen LogP contribution in [0.5, 0.6) is 0 Å². The number of para-hydroxylation sites is 1. The Morgan fingerprint density at radius 2 is 2.00 bits per heavy atom. The van der Waals surface area contributed by atoms with Crippen LogP contribution in [0.15, 0.2) is 46.9 Å². The lowest BCUT2D eigenvalue weighted by Gasteiger charge is -2.19. The fraction of sp³-hybridized carbons (Fsp3) is 0.0714. The van der Waals surface area contributed by atoms with Crippen molar-refractivity contribution in [2.24, 2.45) is 0 Å². The molecule has 2 amide bonds. The average Bonchev–Trinajstić information content (AvgIpc) is 2.42. The maximum Gasteiger partial charge on any atom is 0.326 e. The van der Waals surface area contributed by atoms with E-state index in [4.69, 9.17) is 11.6 Å². The van der Waals surface area contributed by atoms with Crippen molar-refractivity contribution in [3.8, 4) is 0 Å². The summed E-state index contributed by atoms with van der Waals surface area (Å²) in [5.74, 6) is -0.524. The normalized spacial score (nSPS) is 10.2. The van der Waals surface area contributed by atoms with Crippen LogP contribution in [0.25, 0.3) is 0 Å². The molecule has 0 aliphatic carbocycles. The second-order valence-corrected chi connectivity index (χ2v) is 5.33. The molecular weight excluding hydrogens is 347 g/mol. The number of hydrogen-bond donors (Lipinski definition) is 1. The van der Waals surface area contributed by atoms with Gasteiger partial charge < -0.3 is 5.32 Å². The fourth-order valence-electron chi connectivity index (χ4n) is 1.61. The molecule has 0 unspecified atom stereocenters. The molecule has 0 fully saturated rings. The summed E-state index contributed by atoms with van der Waals surface area (Å²) >= 11 is 9.05. The standard InChI is InChI=1S/C14H11BrClFN2O/c1-19(13-5-3-2-4-10(13)15)14(20)18-9-6-7-12(17)11(16)8-9/h2-8H,1H3,(H,18,20). The monoisotopic (exact) mass is 356 g/mol. The van der Waals surface area contributed by atoms with E-state index in [1.54, 1.807) is 13.1 Å². The highest BCUT2D eigenvalue weighted by Gasteiger charge is 2.13. The summed E-state index contributed by atoms with van der Waals surface area (Å²) in [7, 11) is 1.64. The highest BCUT2D eigenvalue weighted by molar-refractivity contribution is 9.10. The zero-order valence-corrected chi connectivity index (χ0v) is 12.9. The first-order valence-electron chi connectivity index (χ1n) is 5.73. The average molecular weight is 358 g/mol. The third kappa shape index (κ3) is 3.29. The number of nitrogens with zero attached hydrogens (tertiary/aromatic N) is 1. The van der Waals surface area contributed by atoms with Gasteiger partial charge in [0.05, 0.1) is 10.7 Å². The highest BCUT2D eigenvalue weighted by atomic mass is 79.9. The number of benzene rings is 2. The molecule has 0 heterocycles. The van der Waals surface area contributed by atoms with Gasteiger partial charge in [-0.25, -0.2) is 9.18 Å². The Hall–Kier alpha value is -1.59. The van der Waals surface area contributed by atoms with Crippen LogP contribution >= 0.6 is 27.5 Å². The smallest absolute Gasteiger partial charge is 0.307 e. The number of carbonyl (C=O) groups excluding carboxylic acids is 1. The Bertz CT molecular complexity index is 651. The topological polar surface area (TPSA) is 32.3 Å². The van der Waals surface area contributed by atoms with Gasteiger partial charge in [-0.05, 0) is 46.3 Å². The summed E-state index contributed by atoms with van der Waals surface area (Å²) in [5.41, 5.74) is 1.15. The van der Waals surface area contributed by atoms with Crippen LogP contribution in [-0.2, 0) is 0 Å². The van der Waals surface area contributed by atoms with Crippen molar-refractivity contribution in [2.75, 3.05) is 17.3 Å². The summed E-state index contributed by atoms with van der Waals surface area (Å²) < 4.78 is 13.9. The zero-order chi connectivity index (χ0) is 14.7. The Morgan fingerprint density at radius 3 is 2.65 bits per heavy atom. The summed E-state index contributed by atoms with van der Waals surface area (Å²) in [6.07, 6.45) is 0. The third-order valence-corrected chi connectivity index (χ3v) is 3.65. The minimum atomic E-state index is -0.524. The Kier molecular flexibility index (Phi) is 4.62. The Labute approximate surface area is 129 Å². The van der Waals surface area contributed by atoms with Crippen molar-refractivity contribution in [2.45, 2.75) is 0 Å². The van der Waals surface area contributed by atoms with E-state index in [1.807, 2.05) is 18.2 Å². The van der Waals surface area contributed by atoms with Crippen molar-refractivity contribution in [1.82, 2.24) is 0 Å². The van der Waals surface area contributed by atoms with Gasteiger partial charge in [-0.15, -0.1) is 0 Å². The van der Waals surface area contributed by atoms with E-state index in [0.717, 1.165) is 10.2 Å². The van der Waals surface area contributed by atoms with Crippen LogP contribution in [0.1, 0.15) is 0 Å². The number of carbonyl (C=O) groups is 1. The molecule has 0 spiro atoms. The molecular formula is C14H11BrClFN2O. The number of halogens is 3. The van der Waals surface area contributed by atoms with Crippen LogP contribution < -0.4 is 10.2 Å². The molecule has 1 N–H and O–H groups in total. The lowest BCUT2D eigenvalue weighted by Crippen LogP contribution is -2.31. The van der Waals surface area contributed by atoms with Gasteiger partial charge in [0.15, 0.2) is 0 Å². The van der Waals surface area contributed by atoms with E-state index in [9.17, 15) is 9.18 Å². The lowest BCUT2D eigenvalue weighted by molar-refractivity contribution is 0.258. The van der Waals surface area contributed by atoms with E-state index >= 15 is 0 Å².